The molecule has 0 amide bonds. The smallest absolute Gasteiger partial charge is 0.177 e. The van der Waals surface area contributed by atoms with Crippen molar-refractivity contribution in [3.8, 4) is 0 Å². The Morgan fingerprint density at radius 2 is 1.50 bits per heavy atom. The lowest BCUT2D eigenvalue weighted by Crippen LogP contribution is -2.20. The second-order valence-corrected chi connectivity index (χ2v) is 8.53. The third-order valence-electron chi connectivity index (χ3n) is 4.80. The summed E-state index contributed by atoms with van der Waals surface area (Å²) in [5.41, 5.74) is 0. The molecule has 0 N–H and O–H groups in total. The average Bonchev–Trinajstić information content (AvgIpc) is 2.97. The number of hydrogen-bond acceptors (Lipinski definition) is 1. The van der Waals surface area contributed by atoms with Crippen LogP contribution < -0.4 is 0 Å². The van der Waals surface area contributed by atoms with Crippen molar-refractivity contribution in [2.45, 2.75) is 63.8 Å². The molecule has 0 aromatic heterocycles. The summed E-state index contributed by atoms with van der Waals surface area (Å²) in [4.78, 5) is 0. The van der Waals surface area contributed by atoms with Gasteiger partial charge in [-0.3, -0.25) is 0 Å². The van der Waals surface area contributed by atoms with E-state index in [1.54, 1.807) is 0 Å². The molecule has 0 heterocycles. The molecule has 0 aromatic rings. The molecule has 2 aliphatic carbocycles. The van der Waals surface area contributed by atoms with Crippen LogP contribution in [-0.2, 0) is 4.12 Å². The van der Waals surface area contributed by atoms with Crippen LogP contribution in [0.4, 0.5) is 0 Å². The van der Waals surface area contributed by atoms with Gasteiger partial charge in [0, 0.05) is 0 Å². The largest absolute Gasteiger partial charge is 0.466 e. The van der Waals surface area contributed by atoms with Crippen LogP contribution in [0.3, 0.4) is 0 Å². The summed E-state index contributed by atoms with van der Waals surface area (Å²) in [5, 5.41) is 0. The molecule has 1 nitrogen and oxygen atoms in total. The topological polar surface area (TPSA) is 9.23 Å². The van der Waals surface area contributed by atoms with Gasteiger partial charge in [-0.1, -0.05) is 57.8 Å². The average molecular weight is 256 g/mol. The minimum absolute atomic E-state index is 0.344. The van der Waals surface area contributed by atoms with Crippen molar-refractivity contribution < 1.29 is 4.12 Å². The summed E-state index contributed by atoms with van der Waals surface area (Å²) < 4.78 is 5.44. The quantitative estimate of drug-likeness (QED) is 0.523. The van der Waals surface area contributed by atoms with E-state index in [2.05, 4.69) is 0 Å². The zero-order valence-corrected chi connectivity index (χ0v) is 13.9. The van der Waals surface area contributed by atoms with Crippen molar-refractivity contribution >= 4 is 20.2 Å². The lowest BCUT2D eigenvalue weighted by atomic mass is 9.78. The molecule has 1 radical (unpaired) electrons. The summed E-state index contributed by atoms with van der Waals surface area (Å²) in [5.74, 6) is 3.27. The molecule has 2 saturated carbocycles. The first kappa shape index (κ1) is 12.8. The van der Waals surface area contributed by atoms with Crippen LogP contribution in [-0.4, -0.2) is 20.2 Å². The first-order chi connectivity index (χ1) is 7.92. The zero-order chi connectivity index (χ0) is 11.2. The summed E-state index contributed by atoms with van der Waals surface area (Å²) in [6.07, 6.45) is 13.7. The minimum atomic E-state index is 0.344. The van der Waals surface area contributed by atoms with Gasteiger partial charge in [0.15, 0.2) is 9.76 Å². The number of rotatable bonds is 6. The van der Waals surface area contributed by atoms with Crippen LogP contribution in [0.15, 0.2) is 0 Å². The molecule has 2 rings (SSSR count). The Balaban J connectivity index is 1.83. The van der Waals surface area contributed by atoms with Gasteiger partial charge in [-0.05, 0) is 23.8 Å². The van der Waals surface area contributed by atoms with Crippen molar-refractivity contribution in [1.29, 1.82) is 0 Å². The Bertz CT molecular complexity index is 170. The second-order valence-electron chi connectivity index (χ2n) is 5.73. The molecular formula is C13H27OSi2. The highest BCUT2D eigenvalue weighted by atomic mass is 28.3. The SMILES string of the molecule is [SiH3]O[SiH]CCC(C1CCCC1)C1CCCC1. The van der Waals surface area contributed by atoms with E-state index in [-0.39, 0.29) is 0 Å². The van der Waals surface area contributed by atoms with Crippen LogP contribution in [0, 0.1) is 17.8 Å². The monoisotopic (exact) mass is 255 g/mol. The van der Waals surface area contributed by atoms with Gasteiger partial charge in [-0.2, -0.15) is 0 Å². The fourth-order valence-electron chi connectivity index (χ4n) is 4.01. The van der Waals surface area contributed by atoms with E-state index in [4.69, 9.17) is 4.12 Å². The first-order valence-corrected chi connectivity index (χ1v) is 9.36. The van der Waals surface area contributed by atoms with Crippen molar-refractivity contribution in [2.24, 2.45) is 17.8 Å². The molecule has 0 atom stereocenters. The van der Waals surface area contributed by atoms with Crippen molar-refractivity contribution in [3.63, 3.8) is 0 Å². The Morgan fingerprint density at radius 3 is 1.94 bits per heavy atom. The summed E-state index contributed by atoms with van der Waals surface area (Å²) in [6, 6.07) is 1.40. The predicted octanol–water partition coefficient (Wildman–Crippen LogP) is 2.44. The molecule has 16 heavy (non-hydrogen) atoms. The van der Waals surface area contributed by atoms with E-state index in [0.29, 0.717) is 9.76 Å². The van der Waals surface area contributed by atoms with Crippen molar-refractivity contribution in [2.75, 3.05) is 0 Å². The lowest BCUT2D eigenvalue weighted by Gasteiger charge is -2.29. The first-order valence-electron chi connectivity index (χ1n) is 7.26. The van der Waals surface area contributed by atoms with E-state index >= 15 is 0 Å². The van der Waals surface area contributed by atoms with Gasteiger partial charge in [0.1, 0.15) is 10.5 Å². The van der Waals surface area contributed by atoms with Gasteiger partial charge in [-0.15, -0.1) is 0 Å². The van der Waals surface area contributed by atoms with Gasteiger partial charge in [0.05, 0.1) is 0 Å². The fraction of sp³-hybridized carbons (Fsp3) is 1.00. The molecule has 3 heteroatoms. The molecule has 0 unspecified atom stereocenters. The molecule has 2 aliphatic rings. The zero-order valence-electron chi connectivity index (χ0n) is 10.8. The van der Waals surface area contributed by atoms with Gasteiger partial charge in [0.2, 0.25) is 0 Å². The highest BCUT2D eigenvalue weighted by Gasteiger charge is 2.32. The molecule has 0 aliphatic heterocycles. The van der Waals surface area contributed by atoms with E-state index in [1.807, 2.05) is 0 Å². The van der Waals surface area contributed by atoms with Crippen LogP contribution in [0.1, 0.15) is 57.8 Å². The molecular weight excluding hydrogens is 228 g/mol. The summed E-state index contributed by atoms with van der Waals surface area (Å²) in [6.45, 7) is 0. The normalized spacial score (nSPS) is 23.8. The molecule has 0 spiro atoms. The molecule has 0 saturated heterocycles. The van der Waals surface area contributed by atoms with Crippen molar-refractivity contribution in [1.82, 2.24) is 0 Å². The van der Waals surface area contributed by atoms with Gasteiger partial charge in [0.25, 0.3) is 0 Å². The Morgan fingerprint density at radius 1 is 1.00 bits per heavy atom. The molecule has 0 bridgehead atoms. The van der Waals surface area contributed by atoms with Crippen LogP contribution in [0.25, 0.3) is 0 Å². The highest BCUT2D eigenvalue weighted by Crippen LogP contribution is 2.43. The van der Waals surface area contributed by atoms with Gasteiger partial charge < -0.3 is 4.12 Å². The lowest BCUT2D eigenvalue weighted by molar-refractivity contribution is 0.222. The Kier molecular flexibility index (Phi) is 5.59. The molecule has 93 valence electrons. The van der Waals surface area contributed by atoms with E-state index in [1.165, 1.54) is 63.8 Å². The van der Waals surface area contributed by atoms with Crippen LogP contribution in [0.2, 0.25) is 6.04 Å². The minimum Gasteiger partial charge on any atom is -0.466 e. The number of hydrogen-bond donors (Lipinski definition) is 0. The maximum atomic E-state index is 5.44. The standard InChI is InChI=1S/C13H27OSi2/c15-14-16-10-9-13(11-5-1-2-6-11)12-7-3-4-8-12/h11-13,16H,1-10H2,15H3. The van der Waals surface area contributed by atoms with E-state index in [0.717, 1.165) is 28.2 Å². The Labute approximate surface area is 106 Å². The van der Waals surface area contributed by atoms with Gasteiger partial charge in [-0.25, -0.2) is 0 Å². The van der Waals surface area contributed by atoms with E-state index < -0.39 is 0 Å². The Hall–Kier alpha value is 0.394. The van der Waals surface area contributed by atoms with Gasteiger partial charge >= 0.3 is 0 Å². The van der Waals surface area contributed by atoms with Crippen LogP contribution >= 0.6 is 0 Å². The highest BCUT2D eigenvalue weighted by molar-refractivity contribution is 6.34. The van der Waals surface area contributed by atoms with E-state index in [9.17, 15) is 0 Å². The van der Waals surface area contributed by atoms with Crippen LogP contribution in [0.5, 0.6) is 0 Å². The maximum absolute atomic E-state index is 5.44. The maximum Gasteiger partial charge on any atom is 0.177 e. The predicted molar refractivity (Wildman–Crippen MR) is 75.0 cm³/mol. The third kappa shape index (κ3) is 3.44. The third-order valence-corrected chi connectivity index (χ3v) is 6.70. The summed E-state index contributed by atoms with van der Waals surface area (Å²) >= 11 is 0. The fourth-order valence-corrected chi connectivity index (χ4v) is 5.47. The summed E-state index contributed by atoms with van der Waals surface area (Å²) in [7, 11) is 1.30. The second kappa shape index (κ2) is 6.97. The van der Waals surface area contributed by atoms with Crippen molar-refractivity contribution in [3.05, 3.63) is 0 Å². The molecule has 2 fully saturated rings. The molecule has 0 aromatic carbocycles.